The molecule has 0 saturated heterocycles. The second-order valence-electron chi connectivity index (χ2n) is 6.47. The minimum Gasteiger partial charge on any atom is -0.493 e. The third-order valence-corrected chi connectivity index (χ3v) is 4.63. The van der Waals surface area contributed by atoms with E-state index in [4.69, 9.17) is 9.47 Å². The molecular formula is C23H25FNO2+. The van der Waals surface area contributed by atoms with Crippen molar-refractivity contribution >= 4 is 0 Å². The SMILES string of the molecule is COc1cccc(C[NH2+]C(C)c2ccccc2)c1OCc1ccccc1F. The zero-order valence-corrected chi connectivity index (χ0v) is 15.7. The molecule has 0 fully saturated rings. The van der Waals surface area contributed by atoms with E-state index in [0.717, 1.165) is 12.1 Å². The van der Waals surface area contributed by atoms with Gasteiger partial charge in [-0.25, -0.2) is 4.39 Å². The van der Waals surface area contributed by atoms with Crippen LogP contribution in [0.2, 0.25) is 0 Å². The van der Waals surface area contributed by atoms with Gasteiger partial charge in [-0.1, -0.05) is 54.6 Å². The maximum atomic E-state index is 13.9. The van der Waals surface area contributed by atoms with Crippen molar-refractivity contribution in [2.45, 2.75) is 26.1 Å². The predicted octanol–water partition coefficient (Wildman–Crippen LogP) is 4.24. The molecule has 3 aromatic rings. The van der Waals surface area contributed by atoms with Crippen LogP contribution in [0.4, 0.5) is 4.39 Å². The van der Waals surface area contributed by atoms with E-state index in [1.807, 2.05) is 36.4 Å². The summed E-state index contributed by atoms with van der Waals surface area (Å²) in [6, 6.07) is 23.2. The summed E-state index contributed by atoms with van der Waals surface area (Å²) in [6.07, 6.45) is 0. The minimum absolute atomic E-state index is 0.161. The standard InChI is InChI=1S/C23H24FNO2/c1-17(18-9-4-3-5-10-18)25-15-19-12-8-14-22(26-2)23(19)27-16-20-11-6-7-13-21(20)24/h3-14,17,25H,15-16H2,1-2H3/p+1. The zero-order valence-electron chi connectivity index (χ0n) is 15.7. The van der Waals surface area contributed by atoms with Crippen LogP contribution in [0.5, 0.6) is 11.5 Å². The first-order valence-electron chi connectivity index (χ1n) is 9.09. The Hall–Kier alpha value is -2.85. The lowest BCUT2D eigenvalue weighted by atomic mass is 10.1. The van der Waals surface area contributed by atoms with Crippen molar-refractivity contribution in [3.8, 4) is 11.5 Å². The lowest BCUT2D eigenvalue weighted by Crippen LogP contribution is -2.83. The summed E-state index contributed by atoms with van der Waals surface area (Å²) in [6.45, 7) is 3.07. The van der Waals surface area contributed by atoms with Crippen molar-refractivity contribution < 1.29 is 19.2 Å². The van der Waals surface area contributed by atoms with Gasteiger partial charge in [0.15, 0.2) is 11.5 Å². The molecule has 3 aromatic carbocycles. The highest BCUT2D eigenvalue weighted by atomic mass is 19.1. The number of nitrogens with two attached hydrogens (primary N) is 1. The fourth-order valence-electron chi connectivity index (χ4n) is 3.01. The Kier molecular flexibility index (Phi) is 6.44. The number of hydrogen-bond donors (Lipinski definition) is 1. The van der Waals surface area contributed by atoms with Crippen LogP contribution < -0.4 is 14.8 Å². The molecule has 3 rings (SSSR count). The third kappa shape index (κ3) is 4.86. The molecule has 140 valence electrons. The summed E-state index contributed by atoms with van der Waals surface area (Å²) in [7, 11) is 1.62. The summed E-state index contributed by atoms with van der Waals surface area (Å²) in [5.74, 6) is 1.06. The van der Waals surface area contributed by atoms with Gasteiger partial charge in [-0.3, -0.25) is 0 Å². The van der Waals surface area contributed by atoms with Gasteiger partial charge in [0.2, 0.25) is 0 Å². The van der Waals surface area contributed by atoms with Gasteiger partial charge in [-0.15, -0.1) is 0 Å². The smallest absolute Gasteiger partial charge is 0.170 e. The first-order valence-corrected chi connectivity index (χ1v) is 9.09. The normalized spacial score (nSPS) is 11.8. The maximum absolute atomic E-state index is 13.9. The van der Waals surface area contributed by atoms with E-state index in [1.165, 1.54) is 11.6 Å². The molecule has 0 aliphatic heterocycles. The first kappa shape index (κ1) is 18.9. The van der Waals surface area contributed by atoms with Gasteiger partial charge >= 0.3 is 0 Å². The Morgan fingerprint density at radius 2 is 1.59 bits per heavy atom. The average Bonchev–Trinajstić information content (AvgIpc) is 2.72. The van der Waals surface area contributed by atoms with E-state index in [-0.39, 0.29) is 12.4 Å². The van der Waals surface area contributed by atoms with Gasteiger partial charge in [0.25, 0.3) is 0 Å². The number of methoxy groups -OCH3 is 1. The lowest BCUT2D eigenvalue weighted by molar-refractivity contribution is -0.708. The van der Waals surface area contributed by atoms with Crippen LogP contribution in [0.15, 0.2) is 72.8 Å². The molecule has 0 saturated carbocycles. The van der Waals surface area contributed by atoms with Gasteiger partial charge < -0.3 is 14.8 Å². The minimum atomic E-state index is -0.266. The van der Waals surface area contributed by atoms with Crippen LogP contribution in [0, 0.1) is 5.82 Å². The molecule has 0 aliphatic rings. The molecule has 27 heavy (non-hydrogen) atoms. The molecule has 0 aliphatic carbocycles. The van der Waals surface area contributed by atoms with E-state index in [0.29, 0.717) is 23.1 Å². The van der Waals surface area contributed by atoms with E-state index in [1.54, 1.807) is 25.3 Å². The Morgan fingerprint density at radius 3 is 2.33 bits per heavy atom. The number of para-hydroxylation sites is 1. The highest BCUT2D eigenvalue weighted by molar-refractivity contribution is 5.46. The summed E-state index contributed by atoms with van der Waals surface area (Å²) in [4.78, 5) is 0. The van der Waals surface area contributed by atoms with Crippen LogP contribution in [-0.2, 0) is 13.2 Å². The topological polar surface area (TPSA) is 35.1 Å². The summed E-state index contributed by atoms with van der Waals surface area (Å²) < 4.78 is 25.3. The van der Waals surface area contributed by atoms with E-state index in [9.17, 15) is 4.39 Å². The Balaban J connectivity index is 1.74. The molecule has 1 unspecified atom stereocenters. The zero-order chi connectivity index (χ0) is 19.1. The Morgan fingerprint density at radius 1 is 0.889 bits per heavy atom. The number of hydrogen-bond acceptors (Lipinski definition) is 2. The first-order chi connectivity index (χ1) is 13.2. The van der Waals surface area contributed by atoms with Crippen molar-refractivity contribution in [1.29, 1.82) is 0 Å². The van der Waals surface area contributed by atoms with Crippen molar-refractivity contribution in [2.75, 3.05) is 7.11 Å². The number of halogens is 1. The molecule has 4 heteroatoms. The van der Waals surface area contributed by atoms with Gasteiger partial charge in [0.1, 0.15) is 25.0 Å². The Bertz CT molecular complexity index is 867. The molecule has 0 spiro atoms. The molecule has 1 atom stereocenters. The number of ether oxygens (including phenoxy) is 2. The van der Waals surface area contributed by atoms with Crippen LogP contribution in [0.1, 0.15) is 29.7 Å². The molecular weight excluding hydrogens is 341 g/mol. The quantitative estimate of drug-likeness (QED) is 0.647. The molecule has 0 bridgehead atoms. The fourth-order valence-corrected chi connectivity index (χ4v) is 3.01. The number of benzene rings is 3. The lowest BCUT2D eigenvalue weighted by Gasteiger charge is -2.16. The van der Waals surface area contributed by atoms with Crippen molar-refractivity contribution in [1.82, 2.24) is 0 Å². The molecule has 2 N–H and O–H groups in total. The highest BCUT2D eigenvalue weighted by Crippen LogP contribution is 2.31. The second-order valence-corrected chi connectivity index (χ2v) is 6.47. The molecule has 3 nitrogen and oxygen atoms in total. The number of quaternary nitrogens is 1. The van der Waals surface area contributed by atoms with Gasteiger partial charge in [-0.2, -0.15) is 0 Å². The van der Waals surface area contributed by atoms with Crippen LogP contribution in [-0.4, -0.2) is 7.11 Å². The van der Waals surface area contributed by atoms with Crippen LogP contribution in [0.25, 0.3) is 0 Å². The second kappa shape index (κ2) is 9.19. The monoisotopic (exact) mass is 366 g/mol. The number of rotatable bonds is 8. The molecule has 0 aromatic heterocycles. The van der Waals surface area contributed by atoms with E-state index >= 15 is 0 Å². The predicted molar refractivity (Wildman–Crippen MR) is 104 cm³/mol. The average molecular weight is 366 g/mol. The summed E-state index contributed by atoms with van der Waals surface area (Å²) in [5, 5.41) is 2.25. The molecule has 0 radical (unpaired) electrons. The Labute approximate surface area is 159 Å². The van der Waals surface area contributed by atoms with Crippen molar-refractivity contribution in [3.05, 3.63) is 95.3 Å². The van der Waals surface area contributed by atoms with Crippen molar-refractivity contribution in [2.24, 2.45) is 0 Å². The van der Waals surface area contributed by atoms with Crippen LogP contribution in [0.3, 0.4) is 0 Å². The summed E-state index contributed by atoms with van der Waals surface area (Å²) in [5.41, 5.74) is 2.82. The van der Waals surface area contributed by atoms with Gasteiger partial charge in [0.05, 0.1) is 12.7 Å². The van der Waals surface area contributed by atoms with E-state index in [2.05, 4.69) is 24.4 Å². The largest absolute Gasteiger partial charge is 0.493 e. The van der Waals surface area contributed by atoms with Crippen molar-refractivity contribution in [3.63, 3.8) is 0 Å². The van der Waals surface area contributed by atoms with Gasteiger partial charge in [-0.05, 0) is 25.1 Å². The van der Waals surface area contributed by atoms with E-state index < -0.39 is 0 Å². The van der Waals surface area contributed by atoms with Crippen LogP contribution >= 0.6 is 0 Å². The van der Waals surface area contributed by atoms with Gasteiger partial charge in [0, 0.05) is 11.1 Å². The highest BCUT2D eigenvalue weighted by Gasteiger charge is 2.15. The third-order valence-electron chi connectivity index (χ3n) is 4.63. The summed E-state index contributed by atoms with van der Waals surface area (Å²) >= 11 is 0. The maximum Gasteiger partial charge on any atom is 0.170 e. The fraction of sp³-hybridized carbons (Fsp3) is 0.217. The molecule has 0 amide bonds. The molecule has 0 heterocycles.